The summed E-state index contributed by atoms with van der Waals surface area (Å²) in [6, 6.07) is 8.22. The van der Waals surface area contributed by atoms with E-state index in [9.17, 15) is 9.59 Å². The molecule has 1 aromatic carbocycles. The number of hydrogen-bond acceptors (Lipinski definition) is 3. The third-order valence-corrected chi connectivity index (χ3v) is 6.39. The molecule has 1 aliphatic heterocycles. The summed E-state index contributed by atoms with van der Waals surface area (Å²) >= 11 is 0. The number of carbonyl (C=O) groups is 2. The van der Waals surface area contributed by atoms with Gasteiger partial charge in [-0.1, -0.05) is 57.0 Å². The van der Waals surface area contributed by atoms with E-state index in [0.29, 0.717) is 6.67 Å². The van der Waals surface area contributed by atoms with Gasteiger partial charge in [0.25, 0.3) is 5.91 Å². The van der Waals surface area contributed by atoms with Gasteiger partial charge in [-0.2, -0.15) is 0 Å². The molecule has 0 radical (unpaired) electrons. The van der Waals surface area contributed by atoms with Gasteiger partial charge in [0.1, 0.15) is 5.54 Å². The van der Waals surface area contributed by atoms with Crippen LogP contribution in [0, 0.1) is 18.8 Å². The molecule has 148 valence electrons. The first-order chi connectivity index (χ1) is 12.9. The Bertz CT molecular complexity index is 675. The minimum atomic E-state index is -0.711. The molecular weight excluding hydrogens is 338 g/mol. The number of imide groups is 1. The molecule has 0 bridgehead atoms. The zero-order chi connectivity index (χ0) is 19.6. The highest BCUT2D eigenvalue weighted by Gasteiger charge is 2.58. The monoisotopic (exact) mass is 371 g/mol. The third kappa shape index (κ3) is 3.75. The molecule has 1 saturated heterocycles. The van der Waals surface area contributed by atoms with Crippen molar-refractivity contribution in [2.75, 3.05) is 13.2 Å². The summed E-state index contributed by atoms with van der Waals surface area (Å²) in [5.41, 5.74) is 1.73. The lowest BCUT2D eigenvalue weighted by molar-refractivity contribution is -0.138. The van der Waals surface area contributed by atoms with Crippen LogP contribution in [0.3, 0.4) is 0 Å². The van der Waals surface area contributed by atoms with Crippen molar-refractivity contribution in [2.24, 2.45) is 11.8 Å². The van der Waals surface area contributed by atoms with Crippen molar-refractivity contribution in [3.8, 4) is 0 Å². The number of hydrogen-bond donors (Lipinski definition) is 1. The fourth-order valence-electron chi connectivity index (χ4n) is 4.75. The normalized spacial score (nSPS) is 24.7. The molecule has 5 heteroatoms. The zero-order valence-electron chi connectivity index (χ0n) is 17.1. The molecule has 2 atom stereocenters. The molecule has 1 saturated carbocycles. The molecule has 1 aliphatic carbocycles. The Balaban J connectivity index is 1.76. The Morgan fingerprint density at radius 1 is 1.15 bits per heavy atom. The van der Waals surface area contributed by atoms with Crippen LogP contribution in [-0.4, -0.2) is 40.5 Å². The predicted molar refractivity (Wildman–Crippen MR) is 107 cm³/mol. The Kier molecular flexibility index (Phi) is 5.89. The average molecular weight is 372 g/mol. The number of urea groups is 1. The number of nitrogens with one attached hydrogen (secondary N) is 1. The summed E-state index contributed by atoms with van der Waals surface area (Å²) in [6.07, 6.45) is 4.09. The number of nitrogens with zero attached hydrogens (tertiary/aromatic N) is 2. The molecular formula is C22H33N3O2. The summed E-state index contributed by atoms with van der Waals surface area (Å²) in [7, 11) is 0. The van der Waals surface area contributed by atoms with E-state index in [4.69, 9.17) is 0 Å². The SMILES string of the molecule is CCCN(Cc1ccc(C)cc1)CN1C(=O)NC2(C1=O)[C@H](C)CCC[C@H]2C. The van der Waals surface area contributed by atoms with Gasteiger partial charge in [-0.05, 0) is 50.1 Å². The van der Waals surface area contributed by atoms with E-state index in [2.05, 4.69) is 62.2 Å². The fraction of sp³-hybridized carbons (Fsp3) is 0.636. The Labute approximate surface area is 163 Å². The molecule has 3 amide bonds. The molecule has 2 aliphatic rings. The molecule has 0 aromatic heterocycles. The summed E-state index contributed by atoms with van der Waals surface area (Å²) in [4.78, 5) is 29.8. The molecule has 27 heavy (non-hydrogen) atoms. The van der Waals surface area contributed by atoms with E-state index >= 15 is 0 Å². The molecule has 5 nitrogen and oxygen atoms in total. The van der Waals surface area contributed by atoms with Gasteiger partial charge in [-0.3, -0.25) is 9.69 Å². The lowest BCUT2D eigenvalue weighted by Crippen LogP contribution is -2.59. The first-order valence-electron chi connectivity index (χ1n) is 10.3. The maximum Gasteiger partial charge on any atom is 0.326 e. The van der Waals surface area contributed by atoms with Gasteiger partial charge in [0.15, 0.2) is 0 Å². The lowest BCUT2D eigenvalue weighted by Gasteiger charge is -2.42. The Morgan fingerprint density at radius 3 is 2.37 bits per heavy atom. The van der Waals surface area contributed by atoms with E-state index in [1.807, 2.05) is 0 Å². The smallest absolute Gasteiger partial charge is 0.323 e. The second kappa shape index (κ2) is 8.01. The number of benzene rings is 1. The van der Waals surface area contributed by atoms with Gasteiger partial charge >= 0.3 is 6.03 Å². The van der Waals surface area contributed by atoms with Gasteiger partial charge < -0.3 is 5.32 Å². The van der Waals surface area contributed by atoms with Gasteiger partial charge in [0.05, 0.1) is 6.67 Å². The van der Waals surface area contributed by atoms with Gasteiger partial charge in [-0.25, -0.2) is 9.69 Å². The van der Waals surface area contributed by atoms with Crippen LogP contribution >= 0.6 is 0 Å². The Morgan fingerprint density at radius 2 is 1.78 bits per heavy atom. The quantitative estimate of drug-likeness (QED) is 0.772. The first-order valence-corrected chi connectivity index (χ1v) is 10.3. The minimum absolute atomic E-state index is 0.0304. The largest absolute Gasteiger partial charge is 0.326 e. The second-order valence-electron chi connectivity index (χ2n) is 8.44. The topological polar surface area (TPSA) is 52.6 Å². The van der Waals surface area contributed by atoms with E-state index in [-0.39, 0.29) is 23.8 Å². The van der Waals surface area contributed by atoms with Crippen LogP contribution in [-0.2, 0) is 11.3 Å². The molecule has 2 fully saturated rings. The van der Waals surface area contributed by atoms with E-state index in [1.165, 1.54) is 16.0 Å². The van der Waals surface area contributed by atoms with Crippen LogP contribution in [0.15, 0.2) is 24.3 Å². The molecule has 3 rings (SSSR count). The summed E-state index contributed by atoms with van der Waals surface area (Å²) in [5, 5.41) is 3.10. The summed E-state index contributed by atoms with van der Waals surface area (Å²) < 4.78 is 0. The van der Waals surface area contributed by atoms with E-state index < -0.39 is 5.54 Å². The number of carbonyl (C=O) groups excluding carboxylic acids is 2. The number of aryl methyl sites for hydroxylation is 1. The van der Waals surface area contributed by atoms with Crippen LogP contribution < -0.4 is 5.32 Å². The minimum Gasteiger partial charge on any atom is -0.323 e. The van der Waals surface area contributed by atoms with Crippen LogP contribution in [0.2, 0.25) is 0 Å². The predicted octanol–water partition coefficient (Wildman–Crippen LogP) is 3.91. The van der Waals surface area contributed by atoms with Crippen molar-refractivity contribution < 1.29 is 9.59 Å². The van der Waals surface area contributed by atoms with Gasteiger partial charge in [0.2, 0.25) is 0 Å². The van der Waals surface area contributed by atoms with Crippen molar-refractivity contribution in [3.05, 3.63) is 35.4 Å². The summed E-state index contributed by atoms with van der Waals surface area (Å²) in [6.45, 7) is 10.4. The molecule has 1 heterocycles. The highest BCUT2D eigenvalue weighted by molar-refractivity contribution is 6.07. The van der Waals surface area contributed by atoms with Crippen molar-refractivity contribution in [3.63, 3.8) is 0 Å². The zero-order valence-corrected chi connectivity index (χ0v) is 17.1. The highest BCUT2D eigenvalue weighted by Crippen LogP contribution is 2.42. The molecule has 1 N–H and O–H groups in total. The van der Waals surface area contributed by atoms with Crippen LogP contribution in [0.25, 0.3) is 0 Å². The van der Waals surface area contributed by atoms with Crippen molar-refractivity contribution in [1.29, 1.82) is 0 Å². The van der Waals surface area contributed by atoms with E-state index in [0.717, 1.165) is 38.8 Å². The third-order valence-electron chi connectivity index (χ3n) is 6.39. The van der Waals surface area contributed by atoms with Gasteiger partial charge in [0, 0.05) is 6.54 Å². The van der Waals surface area contributed by atoms with Crippen LogP contribution in [0.5, 0.6) is 0 Å². The Hall–Kier alpha value is -1.88. The highest BCUT2D eigenvalue weighted by atomic mass is 16.2. The van der Waals surface area contributed by atoms with Crippen molar-refractivity contribution in [2.45, 2.75) is 65.5 Å². The number of amides is 3. The standard InChI is InChI=1S/C22H33N3O2/c1-5-13-24(14-19-11-9-16(2)10-12-19)15-25-20(26)22(23-21(25)27)17(3)7-6-8-18(22)4/h9-12,17-18H,5-8,13-15H2,1-4H3,(H,23,27)/t17-,18-/m1/s1. The van der Waals surface area contributed by atoms with Crippen LogP contribution in [0.4, 0.5) is 4.79 Å². The fourth-order valence-corrected chi connectivity index (χ4v) is 4.75. The second-order valence-corrected chi connectivity index (χ2v) is 8.44. The van der Waals surface area contributed by atoms with Crippen molar-refractivity contribution >= 4 is 11.9 Å². The maximum absolute atomic E-state index is 13.4. The van der Waals surface area contributed by atoms with Crippen LogP contribution in [0.1, 0.15) is 57.6 Å². The maximum atomic E-state index is 13.4. The average Bonchev–Trinajstić information content (AvgIpc) is 2.88. The molecule has 1 aromatic rings. The molecule has 0 unspecified atom stereocenters. The lowest BCUT2D eigenvalue weighted by atomic mass is 9.67. The first kappa shape index (κ1) is 19.9. The molecule has 1 spiro atoms. The van der Waals surface area contributed by atoms with E-state index in [1.54, 1.807) is 0 Å². The van der Waals surface area contributed by atoms with Crippen molar-refractivity contribution in [1.82, 2.24) is 15.1 Å². The van der Waals surface area contributed by atoms with Gasteiger partial charge in [-0.15, -0.1) is 0 Å². The summed E-state index contributed by atoms with van der Waals surface area (Å²) in [5.74, 6) is 0.330. The number of rotatable bonds is 6.